The fourth-order valence-electron chi connectivity index (χ4n) is 1.94. The van der Waals surface area contributed by atoms with Crippen LogP contribution in [-0.4, -0.2) is 18.6 Å². The number of carbonyl (C=O) groups is 1. The van der Waals surface area contributed by atoms with Gasteiger partial charge < -0.3 is 14.8 Å². The summed E-state index contributed by atoms with van der Waals surface area (Å²) in [6.07, 6.45) is -0.636. The molecule has 3 rings (SSSR count). The van der Waals surface area contributed by atoms with Crippen LogP contribution in [0.15, 0.2) is 48.5 Å². The molecule has 1 aliphatic rings. The Balaban J connectivity index is 1.70. The molecular weight excluding hydrogens is 369 g/mol. The zero-order valence-corrected chi connectivity index (χ0v) is 12.7. The number of hydrogen-bond acceptors (Lipinski definition) is 3. The van der Waals surface area contributed by atoms with Crippen LogP contribution in [0.5, 0.6) is 11.5 Å². The summed E-state index contributed by atoms with van der Waals surface area (Å²) in [6, 6.07) is 14.9. The van der Waals surface area contributed by atoms with Crippen molar-refractivity contribution in [1.82, 2.24) is 0 Å². The predicted octanol–water partition coefficient (Wildman–Crippen LogP) is 3.07. The number of ether oxygens (including phenoxy) is 2. The van der Waals surface area contributed by atoms with Crippen LogP contribution in [0.4, 0.5) is 5.69 Å². The Hall–Kier alpha value is -1.76. The van der Waals surface area contributed by atoms with Crippen molar-refractivity contribution in [2.24, 2.45) is 0 Å². The van der Waals surface area contributed by atoms with Crippen molar-refractivity contribution in [1.29, 1.82) is 0 Å². The molecule has 5 heteroatoms. The molecule has 1 atom stereocenters. The monoisotopic (exact) mass is 381 g/mol. The van der Waals surface area contributed by atoms with E-state index >= 15 is 0 Å². The third kappa shape index (κ3) is 2.87. The van der Waals surface area contributed by atoms with E-state index in [9.17, 15) is 4.79 Å². The van der Waals surface area contributed by atoms with E-state index in [1.807, 2.05) is 42.5 Å². The first-order valence-electron chi connectivity index (χ1n) is 6.17. The number of nitrogens with one attached hydrogen (secondary N) is 1. The van der Waals surface area contributed by atoms with Gasteiger partial charge in [0.15, 0.2) is 11.5 Å². The Bertz CT molecular complexity index is 645. The largest absolute Gasteiger partial charge is 0.485 e. The number of rotatable bonds is 2. The lowest BCUT2D eigenvalue weighted by atomic mass is 10.2. The van der Waals surface area contributed by atoms with Crippen LogP contribution in [0.1, 0.15) is 0 Å². The maximum Gasteiger partial charge on any atom is 0.269 e. The van der Waals surface area contributed by atoms with Gasteiger partial charge in [-0.2, -0.15) is 0 Å². The maximum absolute atomic E-state index is 12.2. The van der Waals surface area contributed by atoms with Gasteiger partial charge in [-0.15, -0.1) is 0 Å². The van der Waals surface area contributed by atoms with Crippen molar-refractivity contribution in [3.05, 3.63) is 52.1 Å². The van der Waals surface area contributed by atoms with Crippen molar-refractivity contribution in [3.8, 4) is 11.5 Å². The zero-order valence-electron chi connectivity index (χ0n) is 10.5. The quantitative estimate of drug-likeness (QED) is 0.814. The van der Waals surface area contributed by atoms with Crippen molar-refractivity contribution in [3.63, 3.8) is 0 Å². The van der Waals surface area contributed by atoms with E-state index < -0.39 is 6.10 Å². The molecule has 102 valence electrons. The van der Waals surface area contributed by atoms with Crippen molar-refractivity contribution < 1.29 is 14.3 Å². The topological polar surface area (TPSA) is 47.6 Å². The molecule has 2 aromatic carbocycles. The number of benzene rings is 2. The fraction of sp³-hybridized carbons (Fsp3) is 0.133. The number of anilines is 1. The average Bonchev–Trinajstić information content (AvgIpc) is 2.47. The zero-order chi connectivity index (χ0) is 13.9. The van der Waals surface area contributed by atoms with E-state index in [4.69, 9.17) is 9.47 Å². The molecule has 1 amide bonds. The van der Waals surface area contributed by atoms with Crippen LogP contribution in [0.3, 0.4) is 0 Å². The number of para-hydroxylation sites is 2. The minimum Gasteiger partial charge on any atom is -0.485 e. The molecule has 0 aromatic heterocycles. The van der Waals surface area contributed by atoms with Gasteiger partial charge in [-0.3, -0.25) is 4.79 Å². The van der Waals surface area contributed by atoms with Crippen LogP contribution in [0.2, 0.25) is 0 Å². The molecule has 0 saturated heterocycles. The Kier molecular flexibility index (Phi) is 3.77. The van der Waals surface area contributed by atoms with E-state index in [2.05, 4.69) is 27.9 Å². The van der Waals surface area contributed by atoms with Crippen LogP contribution in [0.25, 0.3) is 0 Å². The van der Waals surface area contributed by atoms with Crippen LogP contribution in [-0.2, 0) is 4.79 Å². The Morgan fingerprint density at radius 3 is 2.75 bits per heavy atom. The van der Waals surface area contributed by atoms with Crippen LogP contribution < -0.4 is 14.8 Å². The smallest absolute Gasteiger partial charge is 0.269 e. The highest BCUT2D eigenvalue weighted by molar-refractivity contribution is 14.1. The molecule has 1 N–H and O–H groups in total. The van der Waals surface area contributed by atoms with Crippen LogP contribution >= 0.6 is 22.6 Å². The first kappa shape index (κ1) is 13.2. The number of carbonyl (C=O) groups excluding carboxylic acids is 1. The highest BCUT2D eigenvalue weighted by atomic mass is 127. The summed E-state index contributed by atoms with van der Waals surface area (Å²) in [5, 5.41) is 2.83. The van der Waals surface area contributed by atoms with Gasteiger partial charge in [0, 0.05) is 9.26 Å². The van der Waals surface area contributed by atoms with Gasteiger partial charge in [0.2, 0.25) is 6.10 Å². The maximum atomic E-state index is 12.2. The summed E-state index contributed by atoms with van der Waals surface area (Å²) in [5.74, 6) is 1.06. The Morgan fingerprint density at radius 2 is 1.95 bits per heavy atom. The molecule has 20 heavy (non-hydrogen) atoms. The van der Waals surface area contributed by atoms with Gasteiger partial charge in [0.05, 0.1) is 0 Å². The van der Waals surface area contributed by atoms with Gasteiger partial charge in [0.25, 0.3) is 5.91 Å². The third-order valence-corrected chi connectivity index (χ3v) is 3.56. The lowest BCUT2D eigenvalue weighted by Crippen LogP contribution is -2.40. The normalized spacial score (nSPS) is 16.6. The highest BCUT2D eigenvalue weighted by Crippen LogP contribution is 2.31. The molecule has 4 nitrogen and oxygen atoms in total. The molecule has 0 spiro atoms. The minimum atomic E-state index is -0.636. The standard InChI is InChI=1S/C15H12INO3/c16-10-4-3-5-11(8-10)17-15(18)14-9-19-12-6-1-2-7-13(12)20-14/h1-8,14H,9H2,(H,17,18)/t14-/m1/s1. The molecule has 0 fully saturated rings. The summed E-state index contributed by atoms with van der Waals surface area (Å²) in [6.45, 7) is 0.215. The van der Waals surface area contributed by atoms with Gasteiger partial charge in [-0.1, -0.05) is 18.2 Å². The first-order chi connectivity index (χ1) is 9.72. The third-order valence-electron chi connectivity index (χ3n) is 2.89. The summed E-state index contributed by atoms with van der Waals surface area (Å²) in [4.78, 5) is 12.2. The summed E-state index contributed by atoms with van der Waals surface area (Å²) >= 11 is 2.20. The number of amides is 1. The molecule has 0 saturated carbocycles. The second kappa shape index (κ2) is 5.70. The van der Waals surface area contributed by atoms with Crippen molar-refractivity contribution in [2.75, 3.05) is 11.9 Å². The Labute approximate surface area is 130 Å². The number of fused-ring (bicyclic) bond motifs is 1. The lowest BCUT2D eigenvalue weighted by Gasteiger charge is -2.25. The van der Waals surface area contributed by atoms with E-state index in [0.29, 0.717) is 11.5 Å². The van der Waals surface area contributed by atoms with E-state index in [1.54, 1.807) is 6.07 Å². The molecule has 2 aromatic rings. The molecular formula is C15H12INO3. The predicted molar refractivity (Wildman–Crippen MR) is 84.1 cm³/mol. The second-order valence-corrected chi connectivity index (χ2v) is 5.61. The van der Waals surface area contributed by atoms with Crippen molar-refractivity contribution >= 4 is 34.2 Å². The van der Waals surface area contributed by atoms with Gasteiger partial charge in [0.1, 0.15) is 6.61 Å². The molecule has 0 radical (unpaired) electrons. The van der Waals surface area contributed by atoms with Gasteiger partial charge >= 0.3 is 0 Å². The van der Waals surface area contributed by atoms with E-state index in [0.717, 1.165) is 9.26 Å². The summed E-state index contributed by atoms with van der Waals surface area (Å²) in [5.41, 5.74) is 0.754. The molecule has 1 heterocycles. The second-order valence-electron chi connectivity index (χ2n) is 4.36. The number of hydrogen-bond donors (Lipinski definition) is 1. The minimum absolute atomic E-state index is 0.207. The average molecular weight is 381 g/mol. The van der Waals surface area contributed by atoms with E-state index in [1.165, 1.54) is 0 Å². The summed E-state index contributed by atoms with van der Waals surface area (Å²) in [7, 11) is 0. The van der Waals surface area contributed by atoms with Crippen LogP contribution in [0, 0.1) is 3.57 Å². The summed E-state index contributed by atoms with van der Waals surface area (Å²) < 4.78 is 12.3. The Morgan fingerprint density at radius 1 is 1.15 bits per heavy atom. The SMILES string of the molecule is O=C(Nc1cccc(I)c1)[C@H]1COc2ccccc2O1. The molecule has 0 unspecified atom stereocenters. The fourth-order valence-corrected chi connectivity index (χ4v) is 2.48. The van der Waals surface area contributed by atoms with E-state index in [-0.39, 0.29) is 12.5 Å². The highest BCUT2D eigenvalue weighted by Gasteiger charge is 2.27. The van der Waals surface area contributed by atoms with Crippen molar-refractivity contribution in [2.45, 2.75) is 6.10 Å². The molecule has 1 aliphatic heterocycles. The molecule has 0 bridgehead atoms. The van der Waals surface area contributed by atoms with Gasteiger partial charge in [-0.05, 0) is 52.9 Å². The number of halogens is 1. The van der Waals surface area contributed by atoms with Gasteiger partial charge in [-0.25, -0.2) is 0 Å². The molecule has 0 aliphatic carbocycles. The first-order valence-corrected chi connectivity index (χ1v) is 7.25. The lowest BCUT2D eigenvalue weighted by molar-refractivity contribution is -0.125.